The normalized spacial score (nSPS) is 19.0. The lowest BCUT2D eigenvalue weighted by Gasteiger charge is -2.23. The highest BCUT2D eigenvalue weighted by Crippen LogP contribution is 2.38. The van der Waals surface area contributed by atoms with Crippen LogP contribution in [-0.4, -0.2) is 43.8 Å². The van der Waals surface area contributed by atoms with Gasteiger partial charge in [-0.25, -0.2) is 13.2 Å². The molecule has 4 rings (SSSR count). The Kier molecular flexibility index (Phi) is 7.43. The van der Waals surface area contributed by atoms with Gasteiger partial charge >= 0.3 is 5.97 Å². The average molecular weight is 511 g/mol. The molecular weight excluding hydrogens is 484 g/mol. The van der Waals surface area contributed by atoms with E-state index in [1.165, 1.54) is 39.9 Å². The second-order valence-corrected chi connectivity index (χ2v) is 11.6. The number of benzene rings is 1. The highest BCUT2D eigenvalue weighted by atomic mass is 35.5. The Morgan fingerprint density at radius 3 is 2.61 bits per heavy atom. The molecule has 10 heteroatoms. The fraction of sp³-hybridized carbons (Fsp3) is 0.478. The zero-order valence-electron chi connectivity index (χ0n) is 18.4. The second-order valence-electron chi connectivity index (χ2n) is 8.21. The fourth-order valence-electron chi connectivity index (χ4n) is 4.48. The van der Waals surface area contributed by atoms with E-state index in [0.29, 0.717) is 28.4 Å². The number of esters is 1. The van der Waals surface area contributed by atoms with Gasteiger partial charge in [-0.3, -0.25) is 4.79 Å². The minimum absolute atomic E-state index is 0.0988. The number of aryl methyl sites for hydroxylation is 1. The van der Waals surface area contributed by atoms with Crippen molar-refractivity contribution in [3.8, 4) is 0 Å². The number of hydrogen-bond acceptors (Lipinski definition) is 6. The number of nitrogens with zero attached hydrogens (tertiary/aromatic N) is 1. The third kappa shape index (κ3) is 4.96. The first kappa shape index (κ1) is 24.2. The van der Waals surface area contributed by atoms with Gasteiger partial charge in [0.05, 0.1) is 17.1 Å². The molecule has 2 aromatic rings. The van der Waals surface area contributed by atoms with Crippen molar-refractivity contribution in [2.24, 2.45) is 0 Å². The second kappa shape index (κ2) is 10.1. The molecule has 0 spiro atoms. The Balaban J connectivity index is 1.61. The number of thiophene rings is 1. The van der Waals surface area contributed by atoms with Crippen molar-refractivity contribution >= 4 is 49.8 Å². The van der Waals surface area contributed by atoms with Crippen molar-refractivity contribution in [2.45, 2.75) is 62.8 Å². The number of ether oxygens (including phenoxy) is 1. The van der Waals surface area contributed by atoms with Gasteiger partial charge in [0.2, 0.25) is 15.9 Å². The summed E-state index contributed by atoms with van der Waals surface area (Å²) in [6.45, 7) is 2.25. The first-order valence-electron chi connectivity index (χ1n) is 11.2. The molecule has 1 aliphatic heterocycles. The molecular formula is C23H27ClN2O5S2. The molecule has 1 aliphatic carbocycles. The number of hydrogen-bond donors (Lipinski definition) is 1. The minimum atomic E-state index is -3.86. The van der Waals surface area contributed by atoms with Crippen LogP contribution in [0.4, 0.5) is 5.00 Å². The van der Waals surface area contributed by atoms with Crippen LogP contribution >= 0.6 is 22.9 Å². The average Bonchev–Trinajstić information content (AvgIpc) is 3.34. The number of sulfonamides is 1. The predicted molar refractivity (Wildman–Crippen MR) is 129 cm³/mol. The number of halogens is 1. The van der Waals surface area contributed by atoms with E-state index in [1.54, 1.807) is 6.92 Å². The third-order valence-corrected chi connectivity index (χ3v) is 9.45. The smallest absolute Gasteiger partial charge is 0.341 e. The number of amides is 1. The Hall–Kier alpha value is -1.94. The zero-order chi connectivity index (χ0) is 23.6. The molecule has 1 N–H and O–H groups in total. The highest BCUT2D eigenvalue weighted by Gasteiger charge is 2.40. The van der Waals surface area contributed by atoms with Crippen LogP contribution in [-0.2, 0) is 32.4 Å². The summed E-state index contributed by atoms with van der Waals surface area (Å²) in [6.07, 6.45) is 5.76. The minimum Gasteiger partial charge on any atom is -0.462 e. The van der Waals surface area contributed by atoms with Crippen LogP contribution in [0.25, 0.3) is 0 Å². The molecule has 0 saturated carbocycles. The highest BCUT2D eigenvalue weighted by molar-refractivity contribution is 7.89. The third-order valence-electron chi connectivity index (χ3n) is 6.06. The maximum Gasteiger partial charge on any atom is 0.341 e. The Morgan fingerprint density at radius 2 is 1.88 bits per heavy atom. The maximum absolute atomic E-state index is 13.3. The van der Waals surface area contributed by atoms with Crippen molar-refractivity contribution in [1.29, 1.82) is 0 Å². The van der Waals surface area contributed by atoms with Gasteiger partial charge in [0.15, 0.2) is 0 Å². The van der Waals surface area contributed by atoms with Gasteiger partial charge in [-0.2, -0.15) is 4.31 Å². The number of nitrogens with one attached hydrogen (secondary N) is 1. The standard InChI is InChI=1S/C23H27ClN2O5S2/c1-2-31-23(28)20-17-7-4-3-5-9-19(17)32-22(20)25-21(27)18-8-6-14-26(18)33(29,30)16-12-10-15(24)11-13-16/h10-13,18H,2-9,14H2,1H3,(H,25,27). The van der Waals surface area contributed by atoms with Gasteiger partial charge in [-0.05, 0) is 75.3 Å². The van der Waals surface area contributed by atoms with Gasteiger partial charge < -0.3 is 10.1 Å². The van der Waals surface area contributed by atoms with Crippen LogP contribution in [0.1, 0.15) is 59.8 Å². The molecule has 0 bridgehead atoms. The molecule has 1 saturated heterocycles. The first-order valence-corrected chi connectivity index (χ1v) is 13.9. The number of anilines is 1. The first-order chi connectivity index (χ1) is 15.8. The monoisotopic (exact) mass is 510 g/mol. The number of carbonyl (C=O) groups is 2. The van der Waals surface area contributed by atoms with Gasteiger partial charge in [0.1, 0.15) is 11.0 Å². The van der Waals surface area contributed by atoms with Crippen molar-refractivity contribution in [2.75, 3.05) is 18.5 Å². The molecule has 33 heavy (non-hydrogen) atoms. The number of rotatable bonds is 6. The van der Waals surface area contributed by atoms with Crippen LogP contribution in [0.3, 0.4) is 0 Å². The zero-order valence-corrected chi connectivity index (χ0v) is 20.8. The van der Waals surface area contributed by atoms with E-state index < -0.39 is 27.9 Å². The largest absolute Gasteiger partial charge is 0.462 e. The summed E-state index contributed by atoms with van der Waals surface area (Å²) in [5.41, 5.74) is 1.39. The van der Waals surface area contributed by atoms with Gasteiger partial charge in [0, 0.05) is 16.4 Å². The van der Waals surface area contributed by atoms with Gasteiger partial charge in [-0.1, -0.05) is 18.0 Å². The molecule has 7 nitrogen and oxygen atoms in total. The van der Waals surface area contributed by atoms with E-state index in [0.717, 1.165) is 42.5 Å². The van der Waals surface area contributed by atoms with Gasteiger partial charge in [0.25, 0.3) is 0 Å². The summed E-state index contributed by atoms with van der Waals surface area (Å²) >= 11 is 7.31. The summed E-state index contributed by atoms with van der Waals surface area (Å²) < 4.78 is 32.9. The number of fused-ring (bicyclic) bond motifs is 1. The summed E-state index contributed by atoms with van der Waals surface area (Å²) in [4.78, 5) is 27.3. The molecule has 2 heterocycles. The van der Waals surface area contributed by atoms with E-state index in [9.17, 15) is 18.0 Å². The lowest BCUT2D eigenvalue weighted by Crippen LogP contribution is -2.43. The molecule has 1 unspecified atom stereocenters. The Morgan fingerprint density at radius 1 is 1.15 bits per heavy atom. The molecule has 1 aromatic carbocycles. The van der Waals surface area contributed by atoms with Crippen LogP contribution in [0.5, 0.6) is 0 Å². The van der Waals surface area contributed by atoms with Crippen LogP contribution in [0.2, 0.25) is 5.02 Å². The fourth-order valence-corrected chi connectivity index (χ4v) is 7.54. The van der Waals surface area contributed by atoms with E-state index in [-0.39, 0.29) is 18.0 Å². The summed E-state index contributed by atoms with van der Waals surface area (Å²) in [5, 5.41) is 3.78. The van der Waals surface area contributed by atoms with Crippen molar-refractivity contribution in [1.82, 2.24) is 4.31 Å². The van der Waals surface area contributed by atoms with E-state index in [4.69, 9.17) is 16.3 Å². The van der Waals surface area contributed by atoms with Crippen molar-refractivity contribution in [3.05, 3.63) is 45.3 Å². The Bertz CT molecular complexity index is 1140. The lowest BCUT2D eigenvalue weighted by atomic mass is 10.1. The van der Waals surface area contributed by atoms with Crippen molar-refractivity contribution in [3.63, 3.8) is 0 Å². The Labute approximate surface area is 203 Å². The van der Waals surface area contributed by atoms with E-state index >= 15 is 0 Å². The molecule has 1 fully saturated rings. The molecule has 2 aliphatic rings. The predicted octanol–water partition coefficient (Wildman–Crippen LogP) is 4.64. The van der Waals surface area contributed by atoms with Crippen LogP contribution in [0.15, 0.2) is 29.2 Å². The number of carbonyl (C=O) groups excluding carboxylic acids is 2. The van der Waals surface area contributed by atoms with E-state index in [1.807, 2.05) is 0 Å². The summed E-state index contributed by atoms with van der Waals surface area (Å²) in [6, 6.07) is 5.08. The SMILES string of the molecule is CCOC(=O)c1c(NC(=O)C2CCCN2S(=O)(=O)c2ccc(Cl)cc2)sc2c1CCCCC2. The van der Waals surface area contributed by atoms with Crippen molar-refractivity contribution < 1.29 is 22.7 Å². The molecule has 1 aromatic heterocycles. The van der Waals surface area contributed by atoms with E-state index in [2.05, 4.69) is 5.32 Å². The van der Waals surface area contributed by atoms with Crippen LogP contribution in [0, 0.1) is 0 Å². The van der Waals surface area contributed by atoms with Gasteiger partial charge in [-0.15, -0.1) is 11.3 Å². The van der Waals surface area contributed by atoms with Crippen LogP contribution < -0.4 is 5.32 Å². The molecule has 0 radical (unpaired) electrons. The quantitative estimate of drug-likeness (QED) is 0.451. The molecule has 1 atom stereocenters. The maximum atomic E-state index is 13.3. The molecule has 1 amide bonds. The topological polar surface area (TPSA) is 92.8 Å². The summed E-state index contributed by atoms with van der Waals surface area (Å²) in [5.74, 6) is -0.865. The molecule has 178 valence electrons. The summed E-state index contributed by atoms with van der Waals surface area (Å²) in [7, 11) is -3.86. The lowest BCUT2D eigenvalue weighted by molar-refractivity contribution is -0.119.